The van der Waals surface area contributed by atoms with Crippen LogP contribution in [0.4, 0.5) is 8.78 Å². The molecule has 1 aromatic carbocycles. The first kappa shape index (κ1) is 17.1. The largest absolute Gasteiger partial charge is 0.481 e. The summed E-state index contributed by atoms with van der Waals surface area (Å²) in [7, 11) is 0. The normalized spacial score (nSPS) is 12.2. The lowest BCUT2D eigenvalue weighted by Crippen LogP contribution is -2.31. The first-order valence-corrected chi connectivity index (χ1v) is 6.74. The third kappa shape index (κ3) is 5.89. The number of carboxylic acids is 1. The molecule has 0 aromatic heterocycles. The van der Waals surface area contributed by atoms with E-state index in [4.69, 9.17) is 5.11 Å². The molecular weight excluding hydrogens is 280 g/mol. The van der Waals surface area contributed by atoms with Crippen molar-refractivity contribution in [3.63, 3.8) is 0 Å². The van der Waals surface area contributed by atoms with Crippen LogP contribution in [0.5, 0.6) is 0 Å². The topological polar surface area (TPSA) is 66.4 Å². The highest BCUT2D eigenvalue weighted by Crippen LogP contribution is 2.15. The predicted octanol–water partition coefficient (Wildman–Crippen LogP) is 2.83. The van der Waals surface area contributed by atoms with Crippen LogP contribution in [0.3, 0.4) is 0 Å². The number of carbonyl (C=O) groups is 2. The first-order valence-electron chi connectivity index (χ1n) is 6.74. The van der Waals surface area contributed by atoms with Crippen molar-refractivity contribution in [2.75, 3.05) is 6.54 Å². The van der Waals surface area contributed by atoms with Gasteiger partial charge in [0.05, 0.1) is 5.56 Å². The lowest BCUT2D eigenvalue weighted by molar-refractivity contribution is -0.138. The van der Waals surface area contributed by atoms with Gasteiger partial charge >= 0.3 is 5.97 Å². The van der Waals surface area contributed by atoms with Crippen LogP contribution in [-0.2, 0) is 4.79 Å². The van der Waals surface area contributed by atoms with E-state index in [-0.39, 0.29) is 30.4 Å². The second kappa shape index (κ2) is 7.71. The molecule has 2 N–H and O–H groups in total. The van der Waals surface area contributed by atoms with Crippen LogP contribution in [0, 0.1) is 23.5 Å². The van der Waals surface area contributed by atoms with Crippen LogP contribution in [0.25, 0.3) is 0 Å². The number of carbonyl (C=O) groups excluding carboxylic acids is 1. The summed E-state index contributed by atoms with van der Waals surface area (Å²) >= 11 is 0. The molecule has 1 atom stereocenters. The van der Waals surface area contributed by atoms with E-state index in [9.17, 15) is 18.4 Å². The second-order valence-electron chi connectivity index (χ2n) is 5.43. The third-order valence-corrected chi connectivity index (χ3v) is 3.00. The Hall–Kier alpha value is -1.98. The van der Waals surface area contributed by atoms with Gasteiger partial charge in [0, 0.05) is 19.0 Å². The maximum Gasteiger partial charge on any atom is 0.303 e. The molecule has 21 heavy (non-hydrogen) atoms. The summed E-state index contributed by atoms with van der Waals surface area (Å²) in [6.45, 7) is 4.05. The Bertz CT molecular complexity index is 518. The quantitative estimate of drug-likeness (QED) is 0.813. The summed E-state index contributed by atoms with van der Waals surface area (Å²) in [6, 6.07) is 2.70. The van der Waals surface area contributed by atoms with Crippen molar-refractivity contribution >= 4 is 11.9 Å². The van der Waals surface area contributed by atoms with Crippen LogP contribution >= 0.6 is 0 Å². The Morgan fingerprint density at radius 3 is 2.48 bits per heavy atom. The number of benzene rings is 1. The summed E-state index contributed by atoms with van der Waals surface area (Å²) in [4.78, 5) is 22.6. The minimum atomic E-state index is -0.942. The summed E-state index contributed by atoms with van der Waals surface area (Å²) in [5.41, 5.74) is -0.255. The lowest BCUT2D eigenvalue weighted by atomic mass is 9.94. The van der Waals surface area contributed by atoms with Gasteiger partial charge in [-0.25, -0.2) is 8.78 Å². The molecule has 116 valence electrons. The number of aliphatic carboxylic acids is 1. The number of rotatable bonds is 7. The Labute approximate surface area is 122 Å². The molecule has 0 aliphatic rings. The summed E-state index contributed by atoms with van der Waals surface area (Å²) in [5, 5.41) is 11.3. The Morgan fingerprint density at radius 2 is 1.95 bits per heavy atom. The molecule has 0 aliphatic carbocycles. The number of hydrogen-bond acceptors (Lipinski definition) is 2. The van der Waals surface area contributed by atoms with Crippen LogP contribution < -0.4 is 5.32 Å². The summed E-state index contributed by atoms with van der Waals surface area (Å²) in [5.74, 6) is -3.25. The highest BCUT2D eigenvalue weighted by molar-refractivity contribution is 5.94. The fourth-order valence-electron chi connectivity index (χ4n) is 2.16. The third-order valence-electron chi connectivity index (χ3n) is 3.00. The van der Waals surface area contributed by atoms with Crippen molar-refractivity contribution in [2.45, 2.75) is 26.7 Å². The molecule has 0 radical (unpaired) electrons. The molecule has 0 aliphatic heterocycles. The molecular formula is C15H19F2NO3. The minimum absolute atomic E-state index is 0.0651. The SMILES string of the molecule is CC(C)CC(CNC(=O)c1ccc(F)cc1F)CC(=O)O. The van der Waals surface area contributed by atoms with Crippen LogP contribution in [0.2, 0.25) is 0 Å². The Morgan fingerprint density at radius 1 is 1.29 bits per heavy atom. The van der Waals surface area contributed by atoms with Crippen LogP contribution in [-0.4, -0.2) is 23.5 Å². The van der Waals surface area contributed by atoms with Crippen molar-refractivity contribution in [3.8, 4) is 0 Å². The van der Waals surface area contributed by atoms with E-state index in [0.29, 0.717) is 12.5 Å². The molecule has 4 nitrogen and oxygen atoms in total. The molecule has 0 fully saturated rings. The van der Waals surface area contributed by atoms with Gasteiger partial charge in [0.1, 0.15) is 11.6 Å². The second-order valence-corrected chi connectivity index (χ2v) is 5.43. The minimum Gasteiger partial charge on any atom is -0.481 e. The smallest absolute Gasteiger partial charge is 0.303 e. The van der Waals surface area contributed by atoms with Gasteiger partial charge in [-0.2, -0.15) is 0 Å². The molecule has 1 aromatic rings. The fraction of sp³-hybridized carbons (Fsp3) is 0.467. The maximum atomic E-state index is 13.5. The van der Waals surface area contributed by atoms with Gasteiger partial charge in [-0.15, -0.1) is 0 Å². The van der Waals surface area contributed by atoms with E-state index in [1.54, 1.807) is 0 Å². The monoisotopic (exact) mass is 299 g/mol. The zero-order valence-electron chi connectivity index (χ0n) is 12.0. The summed E-state index contributed by atoms with van der Waals surface area (Å²) in [6.07, 6.45) is 0.572. The van der Waals surface area contributed by atoms with Crippen molar-refractivity contribution in [3.05, 3.63) is 35.4 Å². The number of carboxylic acid groups (broad SMARTS) is 1. The Balaban J connectivity index is 2.65. The number of hydrogen-bond donors (Lipinski definition) is 2. The Kier molecular flexibility index (Phi) is 6.27. The zero-order valence-corrected chi connectivity index (χ0v) is 12.0. The van der Waals surface area contributed by atoms with E-state index in [2.05, 4.69) is 5.32 Å². The first-order chi connectivity index (χ1) is 9.79. The standard InChI is InChI=1S/C15H19F2NO3/c1-9(2)5-10(6-14(19)20)8-18-15(21)12-4-3-11(16)7-13(12)17/h3-4,7,9-10H,5-6,8H2,1-2H3,(H,18,21)(H,19,20). The lowest BCUT2D eigenvalue weighted by Gasteiger charge is -2.17. The molecule has 0 saturated carbocycles. The highest BCUT2D eigenvalue weighted by atomic mass is 19.1. The van der Waals surface area contributed by atoms with Crippen LogP contribution in [0.15, 0.2) is 18.2 Å². The molecule has 6 heteroatoms. The fourth-order valence-corrected chi connectivity index (χ4v) is 2.16. The predicted molar refractivity (Wildman–Crippen MR) is 73.9 cm³/mol. The molecule has 0 bridgehead atoms. The molecule has 1 unspecified atom stereocenters. The van der Waals surface area contributed by atoms with Gasteiger partial charge in [-0.05, 0) is 30.4 Å². The average Bonchev–Trinajstić information content (AvgIpc) is 2.34. The number of nitrogens with one attached hydrogen (secondary N) is 1. The van der Waals surface area contributed by atoms with Crippen LogP contribution in [0.1, 0.15) is 37.0 Å². The van der Waals surface area contributed by atoms with Crippen molar-refractivity contribution in [1.29, 1.82) is 0 Å². The van der Waals surface area contributed by atoms with E-state index < -0.39 is 23.5 Å². The maximum absolute atomic E-state index is 13.5. The average molecular weight is 299 g/mol. The van der Waals surface area contributed by atoms with Gasteiger partial charge in [-0.1, -0.05) is 13.8 Å². The van der Waals surface area contributed by atoms with Crippen molar-refractivity contribution in [2.24, 2.45) is 11.8 Å². The van der Waals surface area contributed by atoms with Gasteiger partial charge < -0.3 is 10.4 Å². The van der Waals surface area contributed by atoms with Gasteiger partial charge in [0.2, 0.25) is 0 Å². The van der Waals surface area contributed by atoms with Gasteiger partial charge in [0.25, 0.3) is 5.91 Å². The molecule has 0 heterocycles. The van der Waals surface area contributed by atoms with Crippen molar-refractivity contribution in [1.82, 2.24) is 5.32 Å². The van der Waals surface area contributed by atoms with E-state index >= 15 is 0 Å². The molecule has 1 rings (SSSR count). The van der Waals surface area contributed by atoms with Gasteiger partial charge in [0.15, 0.2) is 0 Å². The van der Waals surface area contributed by atoms with E-state index in [1.165, 1.54) is 0 Å². The summed E-state index contributed by atoms with van der Waals surface area (Å²) < 4.78 is 26.2. The molecule has 0 saturated heterocycles. The zero-order chi connectivity index (χ0) is 16.0. The molecule has 0 spiro atoms. The van der Waals surface area contributed by atoms with E-state index in [0.717, 1.165) is 12.1 Å². The highest BCUT2D eigenvalue weighted by Gasteiger charge is 2.18. The van der Waals surface area contributed by atoms with E-state index in [1.807, 2.05) is 13.8 Å². The number of amides is 1. The van der Waals surface area contributed by atoms with Crippen molar-refractivity contribution < 1.29 is 23.5 Å². The molecule has 1 amide bonds. The number of halogens is 2. The van der Waals surface area contributed by atoms with Gasteiger partial charge in [-0.3, -0.25) is 9.59 Å².